The van der Waals surface area contributed by atoms with Gasteiger partial charge in [0.1, 0.15) is 0 Å². The van der Waals surface area contributed by atoms with Gasteiger partial charge in [-0.25, -0.2) is 0 Å². The van der Waals surface area contributed by atoms with E-state index in [2.05, 4.69) is 6.42 Å². The molecule has 22 N–H and O–H groups in total. The third kappa shape index (κ3) is 119. The van der Waals surface area contributed by atoms with Gasteiger partial charge in [0.25, 0.3) is 13.4 Å². The minimum absolute atomic E-state index is 0. The molecule has 0 spiro atoms. The molecule has 0 heterocycles. The Morgan fingerprint density at radius 2 is 0.379 bits per heavy atom. The van der Waals surface area contributed by atoms with Crippen LogP contribution in [0, 0.1) is 6.42 Å². The van der Waals surface area contributed by atoms with E-state index in [0.717, 1.165) is 100 Å². The fourth-order valence-corrected chi connectivity index (χ4v) is 42.5. The van der Waals surface area contributed by atoms with Crippen LogP contribution in [0.15, 0.2) is 0 Å². The molecule has 0 aliphatic heterocycles. The Labute approximate surface area is 658 Å². The van der Waals surface area contributed by atoms with Gasteiger partial charge >= 0.3 is 94.2 Å². The SMILES string of the molecule is C[Si](Cl)(Cl)CC[Si](Cl)(Cl)CC[Si](C)(Cl)Cl.C[Si](O)(O)CCCCCCC[Si](C)(O)O.C[Si](O)(O)CCC[CH-]CCC[Si](C)(O)O.C[Si](O)(O)CCC[Si](Cl)(Cl)CCC[Si](C)(Cl)Cl.C[Si](O)(O)CCC[Si](O)(O)CCC[Si](C)(O)O.C[Si](O)(O)CC[Si](O)(O)CC[Si](C)(O)O.[Y]. The minimum atomic E-state index is -3.49. The Hall–Kier alpha value is 6.59. The van der Waals surface area contributed by atoms with Crippen LogP contribution in [0.3, 0.4) is 0 Å². The molecular weight excluding hydrogens is 1800 g/mol. The Bertz CT molecular complexity index is 1620. The predicted molar refractivity (Wildman–Crippen MR) is 430 cm³/mol. The molecule has 0 aromatic rings. The molecular formula is C46H125Cl10O22Si16Y-. The summed E-state index contributed by atoms with van der Waals surface area (Å²) in [6.07, 6.45) is 12.5. The van der Waals surface area contributed by atoms with Gasteiger partial charge in [0, 0.05) is 32.7 Å². The van der Waals surface area contributed by atoms with Gasteiger partial charge < -0.3 is 112 Å². The van der Waals surface area contributed by atoms with Crippen molar-refractivity contribution in [2.75, 3.05) is 0 Å². The van der Waals surface area contributed by atoms with E-state index in [9.17, 15) is 48.0 Å². The van der Waals surface area contributed by atoms with Crippen LogP contribution in [0.5, 0.6) is 0 Å². The van der Waals surface area contributed by atoms with Crippen LogP contribution in [0.2, 0.25) is 199 Å². The molecule has 579 valence electrons. The van der Waals surface area contributed by atoms with Crippen molar-refractivity contribution in [2.45, 2.75) is 283 Å². The van der Waals surface area contributed by atoms with Crippen LogP contribution < -0.4 is 0 Å². The zero-order valence-electron chi connectivity index (χ0n) is 58.1. The van der Waals surface area contributed by atoms with Gasteiger partial charge in [-0.2, -0.15) is 12.8 Å². The molecule has 0 aromatic heterocycles. The van der Waals surface area contributed by atoms with Crippen LogP contribution in [-0.2, 0) is 32.7 Å². The first-order valence-corrected chi connectivity index (χ1v) is 82.8. The fourth-order valence-electron chi connectivity index (χ4n) is 7.69. The molecule has 0 saturated heterocycles. The zero-order valence-corrected chi connectivity index (χ0v) is 84.5. The normalized spacial score (nSPS) is 13.8. The molecule has 0 rings (SSSR count). The largest absolute Gasteiger partial charge is 0.411 e. The second-order valence-electron chi connectivity index (χ2n) is 27.6. The van der Waals surface area contributed by atoms with Crippen LogP contribution in [0.4, 0.5) is 0 Å². The molecule has 0 aliphatic rings. The number of hydrogen-bond donors (Lipinski definition) is 22. The third-order valence-corrected chi connectivity index (χ3v) is 46.5. The van der Waals surface area contributed by atoms with E-state index < -0.39 is 128 Å². The van der Waals surface area contributed by atoms with E-state index in [-0.39, 0.29) is 81.1 Å². The molecule has 0 saturated carbocycles. The Morgan fingerprint density at radius 1 is 0.189 bits per heavy atom. The number of halogens is 10. The first-order valence-electron chi connectivity index (χ1n) is 31.7. The Balaban J connectivity index is -0.000000195. The predicted octanol–water partition coefficient (Wildman–Crippen LogP) is 10.0. The van der Waals surface area contributed by atoms with Gasteiger partial charge in [-0.3, -0.25) is 0 Å². The first kappa shape index (κ1) is 115. The van der Waals surface area contributed by atoms with E-state index >= 15 is 0 Å². The summed E-state index contributed by atoms with van der Waals surface area (Å²) in [4.78, 5) is 203. The standard InChI is InChI=1S/C9H24O4Si2.C9H23O4Si2.C8H20Cl4O2Si3.C8H24O6Si3.C6H14Cl6Si3.C6H20O6Si3.Y/c2*1-14(10,11)8-6-4-3-5-7-9-15(2,12)13;1-15(9,10)5-3-7-17(11,12)8-4-6-16(2,13)14;1-15(9,10)5-3-7-17(13,14)8-4-6-16(2,11)12;2*1-13(7,8)3-5-15(11,12)6-4-14(2,9)10;/h10-13H,3-9H2,1-2H3;3,10-13H,4-9H2,1-2H3;13-14H,3-8H2,1-2H3;9-14H,3-8H2,1-2H3;3-6H2,1-2H3;7-12H,3-6H2,1-2H3;/q;-1;;;;;. The smallest absolute Gasteiger partial charge is 0.332 e. The second-order valence-corrected chi connectivity index (χ2v) is 99.9. The van der Waals surface area contributed by atoms with Crippen molar-refractivity contribution < 1.29 is 138 Å². The summed E-state index contributed by atoms with van der Waals surface area (Å²) in [7, 11) is -33.8. The van der Waals surface area contributed by atoms with E-state index in [1.54, 1.807) is 0 Å². The summed E-state index contributed by atoms with van der Waals surface area (Å²) in [5, 5.41) is 0. The van der Waals surface area contributed by atoms with Gasteiger partial charge in [-0.1, -0.05) is 57.8 Å². The maximum absolute atomic E-state index is 9.71. The average Bonchev–Trinajstić information content (AvgIpc) is 1.000. The molecule has 49 heteroatoms. The van der Waals surface area contributed by atoms with Crippen molar-refractivity contribution in [3.8, 4) is 0 Å². The summed E-state index contributed by atoms with van der Waals surface area (Å²) >= 11 is 61.1. The zero-order chi connectivity index (χ0) is 76.0. The molecule has 0 bridgehead atoms. The van der Waals surface area contributed by atoms with Crippen molar-refractivity contribution in [2.24, 2.45) is 0 Å². The topological polar surface area (TPSA) is 445 Å². The molecule has 22 nitrogen and oxygen atoms in total. The van der Waals surface area contributed by atoms with Gasteiger partial charge in [-0.05, 0) is 212 Å². The van der Waals surface area contributed by atoms with E-state index in [1.807, 2.05) is 19.6 Å². The molecule has 0 atom stereocenters. The molecule has 1 radical (unpaired) electrons. The van der Waals surface area contributed by atoms with Crippen molar-refractivity contribution in [1.82, 2.24) is 0 Å². The monoisotopic (exact) mass is 1920 g/mol. The first-order chi connectivity index (χ1) is 41.1. The van der Waals surface area contributed by atoms with Crippen LogP contribution >= 0.6 is 111 Å². The summed E-state index contributed by atoms with van der Waals surface area (Å²) < 4.78 is 0. The molecule has 0 aromatic carbocycles. The summed E-state index contributed by atoms with van der Waals surface area (Å²) in [6.45, 7) is 7.88. The quantitative estimate of drug-likeness (QED) is 0.0117. The van der Waals surface area contributed by atoms with Gasteiger partial charge in [0.15, 0.2) is 0 Å². The molecule has 0 unspecified atom stereocenters. The third-order valence-electron chi connectivity index (χ3n) is 13.1. The second kappa shape index (κ2) is 53.5. The Kier molecular flexibility index (Phi) is 64.7. The van der Waals surface area contributed by atoms with Gasteiger partial charge in [0.2, 0.25) is 20.1 Å². The Morgan fingerprint density at radius 3 is 0.621 bits per heavy atom. The summed E-state index contributed by atoms with van der Waals surface area (Å²) in [5.74, 6) is 0. The van der Waals surface area contributed by atoms with Gasteiger partial charge in [0.05, 0.1) is 0 Å². The van der Waals surface area contributed by atoms with E-state index in [0.29, 0.717) is 55.5 Å². The number of unbranched alkanes of at least 4 members (excludes halogenated alkanes) is 8. The van der Waals surface area contributed by atoms with Crippen molar-refractivity contribution in [3.05, 3.63) is 6.42 Å². The van der Waals surface area contributed by atoms with E-state index in [1.165, 1.54) is 58.9 Å². The van der Waals surface area contributed by atoms with Crippen LogP contribution in [0.25, 0.3) is 0 Å². The van der Waals surface area contributed by atoms with Crippen molar-refractivity contribution >= 4 is 238 Å². The van der Waals surface area contributed by atoms with Crippen LogP contribution in [0.1, 0.15) is 83.5 Å². The molecule has 95 heavy (non-hydrogen) atoms. The molecule has 0 amide bonds. The van der Waals surface area contributed by atoms with Gasteiger partial charge in [-0.15, -0.1) is 111 Å². The average molecular weight is 1920 g/mol. The number of rotatable bonds is 44. The number of hydrogen-bond acceptors (Lipinski definition) is 22. The maximum atomic E-state index is 9.71. The maximum Gasteiger partial charge on any atom is 0.332 e. The van der Waals surface area contributed by atoms with Crippen molar-refractivity contribution in [3.63, 3.8) is 0 Å². The molecule has 0 aliphatic carbocycles. The van der Waals surface area contributed by atoms with E-state index in [4.69, 9.17) is 168 Å². The van der Waals surface area contributed by atoms with Crippen LogP contribution in [-0.4, -0.2) is 233 Å². The minimum Gasteiger partial charge on any atom is -0.411 e. The summed E-state index contributed by atoms with van der Waals surface area (Å²) in [6, 6.07) is 8.52. The van der Waals surface area contributed by atoms with Crippen molar-refractivity contribution in [1.29, 1.82) is 0 Å². The fraction of sp³-hybridized carbons (Fsp3) is 0.978. The molecule has 0 fully saturated rings. The summed E-state index contributed by atoms with van der Waals surface area (Å²) in [5.41, 5.74) is 0.